The van der Waals surface area contributed by atoms with Gasteiger partial charge in [-0.2, -0.15) is 37.9 Å². The molecule has 0 N–H and O–H groups in total. The van der Waals surface area contributed by atoms with Gasteiger partial charge in [-0.05, 0) is 98.5 Å². The average Bonchev–Trinajstić information content (AvgIpc) is 2.80. The molecule has 0 heterocycles. The number of allylic oxidation sites excluding steroid dienone is 3. The van der Waals surface area contributed by atoms with Crippen molar-refractivity contribution in [3.63, 3.8) is 0 Å². The molecule has 0 saturated carbocycles. The van der Waals surface area contributed by atoms with Crippen LogP contribution in [0.2, 0.25) is 0 Å². The van der Waals surface area contributed by atoms with Crippen LogP contribution in [-0.2, 0) is 0 Å². The second-order valence-corrected chi connectivity index (χ2v) is 8.97. The zero-order valence-electron chi connectivity index (χ0n) is 15.8. The molecule has 0 fully saturated rings. The van der Waals surface area contributed by atoms with Gasteiger partial charge in [0.1, 0.15) is 0 Å². The number of hydrogen-bond donors (Lipinski definition) is 3. The van der Waals surface area contributed by atoms with Crippen molar-refractivity contribution in [2.24, 2.45) is 0 Å². The highest BCUT2D eigenvalue weighted by Gasteiger charge is 2.36. The topological polar surface area (TPSA) is 0 Å². The first-order valence-corrected chi connectivity index (χ1v) is 11.5. The second-order valence-electron chi connectivity index (χ2n) is 8.19. The van der Waals surface area contributed by atoms with Crippen LogP contribution in [0.1, 0.15) is 17.0 Å². The van der Waals surface area contributed by atoms with Gasteiger partial charge in [-0.25, -0.2) is 0 Å². The molecule has 0 spiro atoms. The maximum absolute atomic E-state index is 4.64. The summed E-state index contributed by atoms with van der Waals surface area (Å²) in [6, 6.07) is 18.0. The second kappa shape index (κ2) is 5.88. The fourth-order valence-electron chi connectivity index (χ4n) is 5.87. The number of thiol groups is 3. The van der Waals surface area contributed by atoms with Crippen LogP contribution in [0.15, 0.2) is 75.9 Å². The number of benzene rings is 5. The van der Waals surface area contributed by atoms with E-state index in [0.717, 1.165) is 5.57 Å². The van der Waals surface area contributed by atoms with Crippen LogP contribution >= 0.6 is 37.9 Å². The van der Waals surface area contributed by atoms with Crippen LogP contribution in [-0.4, -0.2) is 0 Å². The van der Waals surface area contributed by atoms with Crippen LogP contribution in [0.25, 0.3) is 54.7 Å². The molecule has 1 atom stereocenters. The van der Waals surface area contributed by atoms with Crippen molar-refractivity contribution in [3.8, 4) is 0 Å². The Kier molecular flexibility index (Phi) is 3.40. The van der Waals surface area contributed by atoms with Crippen molar-refractivity contribution in [3.05, 3.63) is 92.2 Å². The quantitative estimate of drug-likeness (QED) is 0.127. The number of hydrogen-bond acceptors (Lipinski definition) is 3. The van der Waals surface area contributed by atoms with E-state index in [1.165, 1.54) is 70.6 Å². The maximum atomic E-state index is 4.64. The summed E-state index contributed by atoms with van der Waals surface area (Å²) in [7, 11) is 0. The van der Waals surface area contributed by atoms with Crippen molar-refractivity contribution in [2.45, 2.75) is 5.92 Å². The zero-order valence-corrected chi connectivity index (χ0v) is 18.5. The van der Waals surface area contributed by atoms with E-state index < -0.39 is 0 Å². The molecule has 7 rings (SSSR count). The first-order valence-electron chi connectivity index (χ1n) is 9.98. The van der Waals surface area contributed by atoms with Crippen LogP contribution in [0.4, 0.5) is 0 Å². The first-order chi connectivity index (χ1) is 14.8. The summed E-state index contributed by atoms with van der Waals surface area (Å²) in [5, 5.41) is 17.9. The molecule has 30 heavy (non-hydrogen) atoms. The van der Waals surface area contributed by atoms with Crippen molar-refractivity contribution in [1.29, 1.82) is 0 Å². The molecule has 142 valence electrons. The molecular weight excluding hydrogens is 420 g/mol. The average molecular weight is 437 g/mol. The molecule has 0 bridgehead atoms. The van der Waals surface area contributed by atoms with E-state index in [1.54, 1.807) is 0 Å². The van der Waals surface area contributed by atoms with E-state index in [4.69, 9.17) is 0 Å². The van der Waals surface area contributed by atoms with E-state index in [1.807, 2.05) is 16.2 Å². The van der Waals surface area contributed by atoms with E-state index in [0.29, 0.717) is 0 Å². The Morgan fingerprint density at radius 1 is 0.600 bits per heavy atom. The molecular formula is C27H16S3. The Labute approximate surface area is 190 Å². The van der Waals surface area contributed by atoms with Gasteiger partial charge in [0, 0.05) is 5.92 Å². The zero-order chi connectivity index (χ0) is 20.1. The Balaban J connectivity index is 1.95. The highest BCUT2D eigenvalue weighted by molar-refractivity contribution is 7.84. The minimum absolute atomic E-state index is 0.109. The SMILES string of the molecule is SC=C1C(=CS)C2C(=CS)C=c3ccc4ccc5ccc6ccc1c1c2c3c4c5c61. The Bertz CT molecular complexity index is 1710. The molecule has 2 aliphatic rings. The summed E-state index contributed by atoms with van der Waals surface area (Å²) < 4.78 is 0. The predicted octanol–water partition coefficient (Wildman–Crippen LogP) is 7.25. The van der Waals surface area contributed by atoms with E-state index >= 15 is 0 Å². The lowest BCUT2D eigenvalue weighted by atomic mass is 9.68. The highest BCUT2D eigenvalue weighted by Crippen LogP contribution is 2.55. The van der Waals surface area contributed by atoms with Crippen LogP contribution in [0.5, 0.6) is 0 Å². The summed E-state index contributed by atoms with van der Waals surface area (Å²) in [5.74, 6) is 0.109. The Hall–Kier alpha value is -2.33. The molecule has 0 aromatic heterocycles. The summed E-state index contributed by atoms with van der Waals surface area (Å²) in [6.07, 6.45) is 2.29. The molecule has 0 radical (unpaired) electrons. The predicted molar refractivity (Wildman–Crippen MR) is 141 cm³/mol. The fraction of sp³-hybridized carbons (Fsp3) is 0.0370. The first kappa shape index (κ1) is 17.4. The Morgan fingerprint density at radius 2 is 1.20 bits per heavy atom. The third-order valence-electron chi connectivity index (χ3n) is 6.99. The molecule has 2 aliphatic carbocycles. The van der Waals surface area contributed by atoms with Gasteiger partial charge in [-0.1, -0.05) is 48.5 Å². The van der Waals surface area contributed by atoms with Gasteiger partial charge in [0.2, 0.25) is 0 Å². The Morgan fingerprint density at radius 3 is 1.83 bits per heavy atom. The molecule has 3 heteroatoms. The normalized spacial score (nSPS) is 22.0. The minimum atomic E-state index is 0.109. The fourth-order valence-corrected chi connectivity index (χ4v) is 6.67. The smallest absolute Gasteiger partial charge is 0.0369 e. The van der Waals surface area contributed by atoms with Gasteiger partial charge in [0.05, 0.1) is 0 Å². The van der Waals surface area contributed by atoms with Crippen LogP contribution < -0.4 is 5.22 Å². The van der Waals surface area contributed by atoms with Gasteiger partial charge in [-0.15, -0.1) is 0 Å². The van der Waals surface area contributed by atoms with Gasteiger partial charge in [0.15, 0.2) is 0 Å². The van der Waals surface area contributed by atoms with Crippen molar-refractivity contribution in [2.75, 3.05) is 0 Å². The lowest BCUT2D eigenvalue weighted by Gasteiger charge is -2.36. The van der Waals surface area contributed by atoms with Crippen LogP contribution in [0.3, 0.4) is 0 Å². The van der Waals surface area contributed by atoms with Crippen molar-refractivity contribution < 1.29 is 0 Å². The van der Waals surface area contributed by atoms with E-state index in [-0.39, 0.29) is 5.92 Å². The maximum Gasteiger partial charge on any atom is 0.0369 e. The summed E-state index contributed by atoms with van der Waals surface area (Å²) in [4.78, 5) is 0. The van der Waals surface area contributed by atoms with Gasteiger partial charge in [0.25, 0.3) is 0 Å². The van der Waals surface area contributed by atoms with Gasteiger partial charge < -0.3 is 0 Å². The largest absolute Gasteiger partial charge is 0.151 e. The van der Waals surface area contributed by atoms with E-state index in [2.05, 4.69) is 92.5 Å². The molecule has 0 nitrogen and oxygen atoms in total. The molecule has 0 amide bonds. The van der Waals surface area contributed by atoms with Crippen molar-refractivity contribution >= 4 is 92.6 Å². The molecule has 0 aliphatic heterocycles. The molecule has 5 aromatic rings. The lowest BCUT2D eigenvalue weighted by Crippen LogP contribution is -2.21. The summed E-state index contributed by atoms with van der Waals surface area (Å²) in [6.45, 7) is 0. The van der Waals surface area contributed by atoms with Crippen LogP contribution in [0, 0.1) is 0 Å². The number of rotatable bonds is 0. The monoisotopic (exact) mass is 436 g/mol. The van der Waals surface area contributed by atoms with Gasteiger partial charge >= 0.3 is 0 Å². The minimum Gasteiger partial charge on any atom is -0.151 e. The van der Waals surface area contributed by atoms with E-state index in [9.17, 15) is 0 Å². The van der Waals surface area contributed by atoms with Crippen molar-refractivity contribution in [1.82, 2.24) is 0 Å². The summed E-state index contributed by atoms with van der Waals surface area (Å²) >= 11 is 13.9. The molecule has 5 aromatic carbocycles. The molecule has 0 saturated heterocycles. The highest BCUT2D eigenvalue weighted by atomic mass is 32.1. The summed E-state index contributed by atoms with van der Waals surface area (Å²) in [5.41, 5.74) is 6.16. The van der Waals surface area contributed by atoms with Gasteiger partial charge in [-0.3, -0.25) is 0 Å². The molecule has 1 unspecified atom stereocenters. The lowest BCUT2D eigenvalue weighted by molar-refractivity contribution is 1.01. The third-order valence-corrected chi connectivity index (χ3v) is 7.83. The standard InChI is InChI=1S/C27H16S3/c28-10-17-9-16-6-5-14-2-1-13-3-4-15-7-8-18-19(11-29)20(12-30)21(17)27-25(16)23(14)22(13)24(15)26(18)27/h1-12,21,28-30H. The third kappa shape index (κ3) is 1.86.